The van der Waals surface area contributed by atoms with E-state index in [9.17, 15) is 9.59 Å². The quantitative estimate of drug-likeness (QED) is 0.612. The van der Waals surface area contributed by atoms with Gasteiger partial charge in [-0.25, -0.2) is 9.59 Å². The second-order valence-corrected chi connectivity index (χ2v) is 4.58. The summed E-state index contributed by atoms with van der Waals surface area (Å²) < 4.78 is 0. The Kier molecular flexibility index (Phi) is 5.60. The smallest absolute Gasteiger partial charge is 0.332 e. The Morgan fingerprint density at radius 3 is 2.67 bits per heavy atom. The van der Waals surface area contributed by atoms with Crippen LogP contribution in [0.3, 0.4) is 0 Å². The highest BCUT2D eigenvalue weighted by Gasteiger charge is 2.12. The topological polar surface area (TPSA) is 98.7 Å². The number of nitrogens with one attached hydrogen (secondary N) is 2. The number of aliphatic hydroxyl groups is 1. The van der Waals surface area contributed by atoms with Gasteiger partial charge in [0.15, 0.2) is 6.10 Å². The van der Waals surface area contributed by atoms with Crippen LogP contribution in [-0.4, -0.2) is 34.9 Å². The summed E-state index contributed by atoms with van der Waals surface area (Å²) in [4.78, 5) is 21.7. The van der Waals surface area contributed by atoms with E-state index in [0.717, 1.165) is 11.1 Å². The molecule has 100 valence electrons. The van der Waals surface area contributed by atoms with E-state index in [-0.39, 0.29) is 19.0 Å². The van der Waals surface area contributed by atoms with Crippen LogP contribution in [0.4, 0.5) is 4.79 Å². The third kappa shape index (κ3) is 4.72. The lowest BCUT2D eigenvalue weighted by atomic mass is 10.2. The molecule has 2 amide bonds. The Bertz CT molecular complexity index is 419. The van der Waals surface area contributed by atoms with Crippen molar-refractivity contribution in [2.45, 2.75) is 26.0 Å². The van der Waals surface area contributed by atoms with Gasteiger partial charge in [-0.05, 0) is 28.8 Å². The van der Waals surface area contributed by atoms with Crippen molar-refractivity contribution in [2.75, 3.05) is 6.54 Å². The maximum Gasteiger partial charge on any atom is 0.332 e. The molecule has 0 aromatic carbocycles. The normalized spacial score (nSPS) is 11.9. The summed E-state index contributed by atoms with van der Waals surface area (Å²) in [6.07, 6.45) is -1.45. The molecule has 18 heavy (non-hydrogen) atoms. The number of carboxylic acids is 1. The molecule has 1 rings (SSSR count). The second kappa shape index (κ2) is 6.97. The van der Waals surface area contributed by atoms with E-state index < -0.39 is 12.1 Å². The lowest BCUT2D eigenvalue weighted by Gasteiger charge is -2.08. The fourth-order valence-electron chi connectivity index (χ4n) is 1.25. The van der Waals surface area contributed by atoms with Gasteiger partial charge >= 0.3 is 12.0 Å². The van der Waals surface area contributed by atoms with Crippen molar-refractivity contribution in [3.63, 3.8) is 0 Å². The highest BCUT2D eigenvalue weighted by Crippen LogP contribution is 2.12. The molecule has 0 aliphatic rings. The zero-order chi connectivity index (χ0) is 13.5. The predicted molar refractivity (Wildman–Crippen MR) is 67.6 cm³/mol. The number of aryl methyl sites for hydroxylation is 1. The van der Waals surface area contributed by atoms with Crippen LogP contribution in [0.25, 0.3) is 0 Å². The molecule has 0 bridgehead atoms. The van der Waals surface area contributed by atoms with Gasteiger partial charge in [0, 0.05) is 19.5 Å². The number of carboxylic acid groups (broad SMARTS) is 1. The summed E-state index contributed by atoms with van der Waals surface area (Å²) in [6, 6.07) is -0.377. The second-order valence-electron chi connectivity index (χ2n) is 3.83. The summed E-state index contributed by atoms with van der Waals surface area (Å²) in [6.45, 7) is 2.51. The first kappa shape index (κ1) is 14.5. The number of rotatable bonds is 6. The number of aliphatic carboxylic acids is 1. The average molecular weight is 272 g/mol. The van der Waals surface area contributed by atoms with Crippen molar-refractivity contribution in [3.05, 3.63) is 21.9 Å². The standard InChI is InChI=1S/C11H16N2O4S/c1-7-5-18-6-8(7)4-13-11(17)12-3-2-9(14)10(15)16/h5-6,9,14H,2-4H2,1H3,(H,15,16)(H2,12,13,17). The summed E-state index contributed by atoms with van der Waals surface area (Å²) >= 11 is 1.57. The molecule has 0 radical (unpaired) electrons. The van der Waals surface area contributed by atoms with Crippen LogP contribution in [0.5, 0.6) is 0 Å². The summed E-state index contributed by atoms with van der Waals surface area (Å²) in [5, 5.41) is 26.5. The zero-order valence-corrected chi connectivity index (χ0v) is 10.8. The first-order valence-corrected chi connectivity index (χ1v) is 6.39. The Labute approximate surface area is 109 Å². The molecular weight excluding hydrogens is 256 g/mol. The summed E-state index contributed by atoms with van der Waals surface area (Å²) in [5.41, 5.74) is 2.18. The number of thiophene rings is 1. The zero-order valence-electron chi connectivity index (χ0n) is 9.97. The monoisotopic (exact) mass is 272 g/mol. The fourth-order valence-corrected chi connectivity index (χ4v) is 2.11. The Balaban J connectivity index is 2.19. The number of hydrogen-bond acceptors (Lipinski definition) is 4. The van der Waals surface area contributed by atoms with Crippen molar-refractivity contribution < 1.29 is 19.8 Å². The van der Waals surface area contributed by atoms with Crippen molar-refractivity contribution in [3.8, 4) is 0 Å². The molecular formula is C11H16N2O4S. The number of carbonyl (C=O) groups is 2. The molecule has 0 saturated carbocycles. The van der Waals surface area contributed by atoms with Crippen LogP contribution >= 0.6 is 11.3 Å². The van der Waals surface area contributed by atoms with E-state index in [1.165, 1.54) is 0 Å². The molecule has 1 heterocycles. The van der Waals surface area contributed by atoms with Gasteiger partial charge in [0.05, 0.1) is 0 Å². The van der Waals surface area contributed by atoms with Gasteiger partial charge < -0.3 is 20.8 Å². The molecule has 1 aromatic heterocycles. The molecule has 1 aromatic rings. The van der Waals surface area contributed by atoms with Gasteiger partial charge in [0.2, 0.25) is 0 Å². The molecule has 4 N–H and O–H groups in total. The van der Waals surface area contributed by atoms with Crippen LogP contribution in [0.15, 0.2) is 10.8 Å². The molecule has 1 atom stereocenters. The van der Waals surface area contributed by atoms with E-state index in [1.807, 2.05) is 17.7 Å². The van der Waals surface area contributed by atoms with Gasteiger partial charge in [-0.1, -0.05) is 0 Å². The van der Waals surface area contributed by atoms with Crippen LogP contribution in [0.1, 0.15) is 17.5 Å². The third-order valence-corrected chi connectivity index (χ3v) is 3.30. The van der Waals surface area contributed by atoms with Crippen LogP contribution < -0.4 is 10.6 Å². The molecule has 0 saturated heterocycles. The number of carbonyl (C=O) groups excluding carboxylic acids is 1. The Hall–Kier alpha value is -1.60. The highest BCUT2D eigenvalue weighted by atomic mass is 32.1. The third-order valence-electron chi connectivity index (χ3n) is 2.39. The van der Waals surface area contributed by atoms with Crippen molar-refractivity contribution in [2.24, 2.45) is 0 Å². The van der Waals surface area contributed by atoms with Crippen LogP contribution in [-0.2, 0) is 11.3 Å². The van der Waals surface area contributed by atoms with Crippen LogP contribution in [0, 0.1) is 6.92 Å². The fraction of sp³-hybridized carbons (Fsp3) is 0.455. The number of hydrogen-bond donors (Lipinski definition) is 4. The predicted octanol–water partition coefficient (Wildman–Crippen LogP) is 0.691. The molecule has 7 heteroatoms. The number of urea groups is 1. The SMILES string of the molecule is Cc1cscc1CNC(=O)NCCC(O)C(=O)O. The first-order valence-electron chi connectivity index (χ1n) is 5.45. The average Bonchev–Trinajstić information content (AvgIpc) is 2.72. The molecule has 1 unspecified atom stereocenters. The van der Waals surface area contributed by atoms with Crippen molar-refractivity contribution in [1.82, 2.24) is 10.6 Å². The molecule has 0 aliphatic carbocycles. The summed E-state index contributed by atoms with van der Waals surface area (Å²) in [7, 11) is 0. The minimum Gasteiger partial charge on any atom is -0.479 e. The molecule has 0 spiro atoms. The minimum absolute atomic E-state index is 0.0137. The van der Waals surface area contributed by atoms with Crippen LogP contribution in [0.2, 0.25) is 0 Å². The lowest BCUT2D eigenvalue weighted by molar-refractivity contribution is -0.146. The van der Waals surface area contributed by atoms with E-state index in [1.54, 1.807) is 11.3 Å². The maximum absolute atomic E-state index is 11.4. The lowest BCUT2D eigenvalue weighted by Crippen LogP contribution is -2.37. The first-order chi connectivity index (χ1) is 8.50. The molecule has 0 aliphatic heterocycles. The minimum atomic E-state index is -1.44. The summed E-state index contributed by atoms with van der Waals surface area (Å²) in [5.74, 6) is -1.29. The van der Waals surface area contributed by atoms with Gasteiger partial charge in [-0.15, -0.1) is 0 Å². The van der Waals surface area contributed by atoms with E-state index >= 15 is 0 Å². The Morgan fingerprint density at radius 1 is 1.39 bits per heavy atom. The van der Waals surface area contributed by atoms with E-state index in [2.05, 4.69) is 10.6 Å². The number of aliphatic hydroxyl groups excluding tert-OH is 1. The maximum atomic E-state index is 11.4. The Morgan fingerprint density at radius 2 is 2.11 bits per heavy atom. The van der Waals surface area contributed by atoms with Gasteiger partial charge in [-0.3, -0.25) is 0 Å². The van der Waals surface area contributed by atoms with Gasteiger partial charge in [-0.2, -0.15) is 11.3 Å². The number of amides is 2. The van der Waals surface area contributed by atoms with E-state index in [0.29, 0.717) is 6.54 Å². The highest BCUT2D eigenvalue weighted by molar-refractivity contribution is 7.08. The van der Waals surface area contributed by atoms with Gasteiger partial charge in [0.25, 0.3) is 0 Å². The van der Waals surface area contributed by atoms with Crippen molar-refractivity contribution >= 4 is 23.3 Å². The van der Waals surface area contributed by atoms with Gasteiger partial charge in [0.1, 0.15) is 0 Å². The largest absolute Gasteiger partial charge is 0.479 e. The van der Waals surface area contributed by atoms with Crippen molar-refractivity contribution in [1.29, 1.82) is 0 Å². The molecule has 6 nitrogen and oxygen atoms in total. The van der Waals surface area contributed by atoms with E-state index in [4.69, 9.17) is 10.2 Å². The molecule has 0 fully saturated rings.